The summed E-state index contributed by atoms with van der Waals surface area (Å²) in [5.74, 6) is 0.215. The summed E-state index contributed by atoms with van der Waals surface area (Å²) in [7, 11) is 0. The van der Waals surface area contributed by atoms with E-state index in [9.17, 15) is 13.2 Å². The summed E-state index contributed by atoms with van der Waals surface area (Å²) < 4.78 is 38.7. The molecule has 0 aromatic carbocycles. The van der Waals surface area contributed by atoms with Crippen LogP contribution in [-0.2, 0) is 12.6 Å². The maximum Gasteiger partial charge on any atom is 0.417 e. The molecule has 0 aliphatic heterocycles. The first kappa shape index (κ1) is 14.8. The number of aromatic nitrogens is 3. The second kappa shape index (κ2) is 5.44. The molecule has 0 aliphatic rings. The van der Waals surface area contributed by atoms with Crippen LogP contribution in [0.1, 0.15) is 30.2 Å². The first-order chi connectivity index (χ1) is 9.88. The van der Waals surface area contributed by atoms with Crippen LogP contribution in [0.4, 0.5) is 19.0 Å². The summed E-state index contributed by atoms with van der Waals surface area (Å²) in [5, 5.41) is 13.2. The highest BCUT2D eigenvalue weighted by Gasteiger charge is 2.30. The molecule has 2 aromatic rings. The van der Waals surface area contributed by atoms with Gasteiger partial charge in [0.15, 0.2) is 5.82 Å². The van der Waals surface area contributed by atoms with Crippen LogP contribution in [0.15, 0.2) is 18.3 Å². The van der Waals surface area contributed by atoms with Gasteiger partial charge in [0.05, 0.1) is 11.3 Å². The van der Waals surface area contributed by atoms with Crippen molar-refractivity contribution in [3.63, 3.8) is 0 Å². The fourth-order valence-electron chi connectivity index (χ4n) is 1.87. The van der Waals surface area contributed by atoms with Gasteiger partial charge in [0, 0.05) is 6.20 Å². The molecular weight excluding hydrogens is 283 g/mol. The van der Waals surface area contributed by atoms with Crippen molar-refractivity contribution in [1.82, 2.24) is 14.8 Å². The van der Waals surface area contributed by atoms with Gasteiger partial charge in [-0.05, 0) is 18.6 Å². The number of nitrogens with zero attached hydrogens (tertiary/aromatic N) is 4. The molecule has 21 heavy (non-hydrogen) atoms. The Hall–Kier alpha value is -2.56. The molecular formula is C13H12F3N5. The number of nitriles is 1. The Kier molecular flexibility index (Phi) is 3.84. The van der Waals surface area contributed by atoms with E-state index in [0.717, 1.165) is 12.5 Å². The summed E-state index contributed by atoms with van der Waals surface area (Å²) in [6.07, 6.45) is -2.42. The number of hydrogen-bond acceptors (Lipinski definition) is 4. The second-order valence-corrected chi connectivity index (χ2v) is 4.38. The van der Waals surface area contributed by atoms with Crippen molar-refractivity contribution in [2.75, 3.05) is 5.73 Å². The van der Waals surface area contributed by atoms with Gasteiger partial charge in [-0.25, -0.2) is 4.98 Å². The van der Waals surface area contributed by atoms with E-state index in [1.54, 1.807) is 0 Å². The summed E-state index contributed by atoms with van der Waals surface area (Å²) >= 11 is 0. The topological polar surface area (TPSA) is 80.5 Å². The molecule has 8 heteroatoms. The van der Waals surface area contributed by atoms with E-state index in [2.05, 4.69) is 10.1 Å². The lowest BCUT2D eigenvalue weighted by Crippen LogP contribution is -2.08. The molecule has 2 N–H and O–H groups in total. The van der Waals surface area contributed by atoms with Crippen LogP contribution in [0.5, 0.6) is 0 Å². The van der Waals surface area contributed by atoms with E-state index < -0.39 is 11.7 Å². The quantitative estimate of drug-likeness (QED) is 0.944. The molecule has 0 spiro atoms. The molecule has 0 aliphatic carbocycles. The monoisotopic (exact) mass is 295 g/mol. The second-order valence-electron chi connectivity index (χ2n) is 4.38. The van der Waals surface area contributed by atoms with Crippen molar-refractivity contribution in [3.8, 4) is 11.9 Å². The lowest BCUT2D eigenvalue weighted by Gasteiger charge is -2.07. The zero-order valence-electron chi connectivity index (χ0n) is 11.1. The van der Waals surface area contributed by atoms with Crippen molar-refractivity contribution in [1.29, 1.82) is 5.26 Å². The highest BCUT2D eigenvalue weighted by molar-refractivity contribution is 5.55. The largest absolute Gasteiger partial charge is 0.417 e. The molecule has 0 saturated heterocycles. The Balaban J connectivity index is 2.45. The van der Waals surface area contributed by atoms with E-state index in [4.69, 9.17) is 11.0 Å². The summed E-state index contributed by atoms with van der Waals surface area (Å²) in [4.78, 5) is 3.72. The maximum absolute atomic E-state index is 12.5. The average molecular weight is 295 g/mol. The highest BCUT2D eigenvalue weighted by Crippen LogP contribution is 2.29. The third kappa shape index (κ3) is 2.81. The number of nitrogen functional groups attached to an aromatic ring is 1. The third-order valence-electron chi connectivity index (χ3n) is 2.88. The minimum absolute atomic E-state index is 0.0770. The summed E-state index contributed by atoms with van der Waals surface area (Å²) in [5.41, 5.74) is 5.71. The van der Waals surface area contributed by atoms with Crippen LogP contribution in [0, 0.1) is 11.3 Å². The zero-order valence-corrected chi connectivity index (χ0v) is 11.1. The Labute approximate surface area is 118 Å². The van der Waals surface area contributed by atoms with Gasteiger partial charge in [-0.1, -0.05) is 13.3 Å². The zero-order chi connectivity index (χ0) is 15.6. The van der Waals surface area contributed by atoms with Gasteiger partial charge in [0.2, 0.25) is 0 Å². The molecule has 0 unspecified atom stereocenters. The van der Waals surface area contributed by atoms with Crippen LogP contribution in [-0.4, -0.2) is 14.8 Å². The third-order valence-corrected chi connectivity index (χ3v) is 2.88. The molecule has 0 atom stereocenters. The number of halogens is 3. The van der Waals surface area contributed by atoms with Gasteiger partial charge in [0.25, 0.3) is 0 Å². The molecule has 0 radical (unpaired) electrons. The number of hydrogen-bond donors (Lipinski definition) is 1. The van der Waals surface area contributed by atoms with Gasteiger partial charge in [0.1, 0.15) is 17.5 Å². The predicted octanol–water partition coefficient (Wildman–Crippen LogP) is 2.69. The van der Waals surface area contributed by atoms with Crippen LogP contribution < -0.4 is 5.73 Å². The molecule has 2 rings (SSSR count). The number of pyridine rings is 1. The predicted molar refractivity (Wildman–Crippen MR) is 69.5 cm³/mol. The van der Waals surface area contributed by atoms with Crippen LogP contribution in [0.2, 0.25) is 0 Å². The lowest BCUT2D eigenvalue weighted by molar-refractivity contribution is -0.137. The van der Waals surface area contributed by atoms with Crippen molar-refractivity contribution >= 4 is 5.82 Å². The smallest absolute Gasteiger partial charge is 0.382 e. The Morgan fingerprint density at radius 3 is 2.57 bits per heavy atom. The Morgan fingerprint density at radius 1 is 1.38 bits per heavy atom. The fraction of sp³-hybridized carbons (Fsp3) is 0.308. The van der Waals surface area contributed by atoms with Crippen molar-refractivity contribution in [2.24, 2.45) is 0 Å². The standard InChI is InChI=1S/C13H12F3N5/c1-2-3-10-9(6-17)12(18)21(20-10)11-5-4-8(7-19-11)13(14,15)16/h4-5,7H,2-3,18H2,1H3. The van der Waals surface area contributed by atoms with Gasteiger partial charge in [-0.2, -0.15) is 28.2 Å². The van der Waals surface area contributed by atoms with Crippen LogP contribution >= 0.6 is 0 Å². The van der Waals surface area contributed by atoms with Crippen molar-refractivity contribution in [2.45, 2.75) is 25.9 Å². The molecule has 5 nitrogen and oxygen atoms in total. The normalized spacial score (nSPS) is 11.4. The number of rotatable bonds is 3. The minimum atomic E-state index is -4.45. The molecule has 110 valence electrons. The fourth-order valence-corrected chi connectivity index (χ4v) is 1.87. The molecule has 2 heterocycles. The summed E-state index contributed by atoms with van der Waals surface area (Å²) in [6, 6.07) is 4.03. The number of aryl methyl sites for hydroxylation is 1. The minimum Gasteiger partial charge on any atom is -0.382 e. The first-order valence-corrected chi connectivity index (χ1v) is 6.19. The molecule has 0 fully saturated rings. The maximum atomic E-state index is 12.5. The number of alkyl halides is 3. The Bertz CT molecular complexity index is 680. The van der Waals surface area contributed by atoms with Gasteiger partial charge < -0.3 is 5.73 Å². The number of anilines is 1. The summed E-state index contributed by atoms with van der Waals surface area (Å²) in [6.45, 7) is 1.92. The van der Waals surface area contributed by atoms with E-state index in [1.807, 2.05) is 13.0 Å². The van der Waals surface area contributed by atoms with E-state index in [0.29, 0.717) is 18.3 Å². The van der Waals surface area contributed by atoms with Gasteiger partial charge in [-0.3, -0.25) is 0 Å². The van der Waals surface area contributed by atoms with Crippen LogP contribution in [0.25, 0.3) is 5.82 Å². The van der Waals surface area contributed by atoms with Gasteiger partial charge >= 0.3 is 6.18 Å². The average Bonchev–Trinajstić information content (AvgIpc) is 2.74. The molecule has 0 bridgehead atoms. The van der Waals surface area contributed by atoms with E-state index in [1.165, 1.54) is 10.7 Å². The van der Waals surface area contributed by atoms with E-state index >= 15 is 0 Å². The Morgan fingerprint density at radius 2 is 2.10 bits per heavy atom. The van der Waals surface area contributed by atoms with Gasteiger partial charge in [-0.15, -0.1) is 0 Å². The first-order valence-electron chi connectivity index (χ1n) is 6.19. The SMILES string of the molecule is CCCc1nn(-c2ccc(C(F)(F)F)cn2)c(N)c1C#N. The molecule has 0 amide bonds. The molecule has 2 aromatic heterocycles. The number of nitrogens with two attached hydrogens (primary N) is 1. The van der Waals surface area contributed by atoms with Crippen LogP contribution in [0.3, 0.4) is 0 Å². The highest BCUT2D eigenvalue weighted by atomic mass is 19.4. The lowest BCUT2D eigenvalue weighted by atomic mass is 10.2. The van der Waals surface area contributed by atoms with Crippen molar-refractivity contribution in [3.05, 3.63) is 35.2 Å². The van der Waals surface area contributed by atoms with Crippen molar-refractivity contribution < 1.29 is 13.2 Å². The molecule has 0 saturated carbocycles. The van der Waals surface area contributed by atoms with E-state index in [-0.39, 0.29) is 17.2 Å².